The molecule has 10 heteroatoms. The zero-order valence-corrected chi connectivity index (χ0v) is 12.0. The number of H-pyrrole nitrogens is 1. The van der Waals surface area contributed by atoms with Crippen LogP contribution in [0.15, 0.2) is 0 Å². The number of halogens is 3. The van der Waals surface area contributed by atoms with Crippen LogP contribution in [0.2, 0.25) is 0 Å². The fraction of sp³-hybridized carbons (Fsp3) is 0.833. The van der Waals surface area contributed by atoms with E-state index in [0.717, 1.165) is 5.82 Å². The zero-order valence-electron chi connectivity index (χ0n) is 12.0. The van der Waals surface area contributed by atoms with E-state index < -0.39 is 31.0 Å². The first kappa shape index (κ1) is 16.7. The Morgan fingerprint density at radius 3 is 2.45 bits per heavy atom. The number of nitrogens with one attached hydrogen (secondary N) is 1. The number of carbonyl (C=O) groups is 1. The van der Waals surface area contributed by atoms with Crippen LogP contribution >= 0.6 is 0 Å². The molecule has 1 saturated heterocycles. The summed E-state index contributed by atoms with van der Waals surface area (Å²) in [5.41, 5.74) is 0. The van der Waals surface area contributed by atoms with Gasteiger partial charge in [-0.05, 0) is 19.8 Å². The molecule has 1 aliphatic carbocycles. The molecule has 0 amide bonds. The minimum atomic E-state index is -4.49. The topological polar surface area (TPSA) is 90.0 Å². The van der Waals surface area contributed by atoms with Gasteiger partial charge >= 0.3 is 12.1 Å². The fourth-order valence-corrected chi connectivity index (χ4v) is 2.41. The van der Waals surface area contributed by atoms with Crippen molar-refractivity contribution in [3.8, 4) is 0 Å². The van der Waals surface area contributed by atoms with Crippen LogP contribution in [0.1, 0.15) is 50.8 Å². The number of alkyl halides is 3. The Labute approximate surface area is 124 Å². The molecule has 0 aromatic carbocycles. The van der Waals surface area contributed by atoms with Gasteiger partial charge in [-0.1, -0.05) is 18.1 Å². The maximum atomic E-state index is 12.0. The highest BCUT2D eigenvalue weighted by atomic mass is 19.4. The maximum Gasteiger partial charge on any atom is 0.415 e. The number of hydrogen-bond acceptors (Lipinski definition) is 6. The number of cyclic esters (lactones) is 1. The van der Waals surface area contributed by atoms with Gasteiger partial charge in [-0.2, -0.15) is 18.4 Å². The lowest BCUT2D eigenvalue weighted by atomic mass is 10.1. The lowest BCUT2D eigenvalue weighted by Gasteiger charge is -2.28. The number of rotatable bonds is 1. The summed E-state index contributed by atoms with van der Waals surface area (Å²) in [5.74, 6) is 0.604. The van der Waals surface area contributed by atoms with Crippen molar-refractivity contribution in [1.29, 1.82) is 0 Å². The van der Waals surface area contributed by atoms with Crippen molar-refractivity contribution in [2.75, 3.05) is 0 Å². The third kappa shape index (κ3) is 4.65. The molecule has 2 fully saturated rings. The Kier molecular flexibility index (Phi) is 5.33. The number of hydrogen-bond donors (Lipinski definition) is 1. The van der Waals surface area contributed by atoms with Gasteiger partial charge in [0.2, 0.25) is 6.29 Å². The van der Waals surface area contributed by atoms with Gasteiger partial charge in [-0.25, -0.2) is 0 Å². The van der Waals surface area contributed by atoms with Crippen molar-refractivity contribution >= 4 is 5.97 Å². The van der Waals surface area contributed by atoms with E-state index in [4.69, 9.17) is 0 Å². The largest absolute Gasteiger partial charge is 0.436 e. The van der Waals surface area contributed by atoms with Gasteiger partial charge in [0.1, 0.15) is 0 Å². The molecule has 2 aliphatic rings. The van der Waals surface area contributed by atoms with E-state index in [1.807, 2.05) is 0 Å². The monoisotopic (exact) mass is 322 g/mol. The van der Waals surface area contributed by atoms with Gasteiger partial charge in [0, 0.05) is 5.92 Å². The summed E-state index contributed by atoms with van der Waals surface area (Å²) >= 11 is 0. The lowest BCUT2D eigenvalue weighted by molar-refractivity contribution is -0.284. The second-order valence-corrected chi connectivity index (χ2v) is 5.18. The Bertz CT molecular complexity index is 474. The summed E-state index contributed by atoms with van der Waals surface area (Å²) in [5, 5.41) is 13.9. The minimum Gasteiger partial charge on any atom is -0.436 e. The van der Waals surface area contributed by atoms with E-state index >= 15 is 0 Å². The molecule has 0 spiro atoms. The highest BCUT2D eigenvalue weighted by molar-refractivity contribution is 5.70. The SMILES string of the molecule is C1CCC(c2nn[nH]n2)C1.CC1OC(=O)CC(C(F)(F)F)O1. The fourth-order valence-electron chi connectivity index (χ4n) is 2.41. The second-order valence-electron chi connectivity index (χ2n) is 5.18. The van der Waals surface area contributed by atoms with Crippen LogP contribution in [0.3, 0.4) is 0 Å². The van der Waals surface area contributed by atoms with Gasteiger partial charge in [0.15, 0.2) is 11.9 Å². The molecule has 0 radical (unpaired) electrons. The summed E-state index contributed by atoms with van der Waals surface area (Å²) in [6, 6.07) is 0. The first-order chi connectivity index (χ1) is 10.4. The molecule has 7 nitrogen and oxygen atoms in total. The van der Waals surface area contributed by atoms with Crippen molar-refractivity contribution < 1.29 is 27.4 Å². The van der Waals surface area contributed by atoms with Crippen LogP contribution in [0.5, 0.6) is 0 Å². The third-order valence-corrected chi connectivity index (χ3v) is 3.45. The molecule has 1 aromatic rings. The molecule has 1 N–H and O–H groups in total. The quantitative estimate of drug-likeness (QED) is 0.796. The van der Waals surface area contributed by atoms with E-state index in [0.29, 0.717) is 5.92 Å². The zero-order chi connectivity index (χ0) is 16.2. The van der Waals surface area contributed by atoms with Crippen LogP contribution in [0, 0.1) is 0 Å². The maximum absolute atomic E-state index is 12.0. The first-order valence-corrected chi connectivity index (χ1v) is 7.01. The Balaban J connectivity index is 0.000000162. The molecule has 1 aliphatic heterocycles. The summed E-state index contributed by atoms with van der Waals surface area (Å²) in [4.78, 5) is 10.5. The van der Waals surface area contributed by atoms with Crippen molar-refractivity contribution in [3.63, 3.8) is 0 Å². The summed E-state index contributed by atoms with van der Waals surface area (Å²) < 4.78 is 44.6. The van der Waals surface area contributed by atoms with Gasteiger partial charge < -0.3 is 9.47 Å². The number of aromatic nitrogens is 4. The highest BCUT2D eigenvalue weighted by Crippen LogP contribution is 2.31. The molecule has 1 saturated carbocycles. The second kappa shape index (κ2) is 7.03. The van der Waals surface area contributed by atoms with Crippen LogP contribution < -0.4 is 0 Å². The van der Waals surface area contributed by atoms with E-state index in [2.05, 4.69) is 30.1 Å². The molecule has 2 heterocycles. The molecule has 2 unspecified atom stereocenters. The van der Waals surface area contributed by atoms with E-state index in [-0.39, 0.29) is 0 Å². The Morgan fingerprint density at radius 2 is 1.95 bits per heavy atom. The first-order valence-electron chi connectivity index (χ1n) is 7.01. The third-order valence-electron chi connectivity index (χ3n) is 3.45. The van der Waals surface area contributed by atoms with Gasteiger partial charge in [0.25, 0.3) is 0 Å². The molecule has 22 heavy (non-hydrogen) atoms. The number of nitrogens with zero attached hydrogens (tertiary/aromatic N) is 3. The smallest absolute Gasteiger partial charge is 0.415 e. The Hall–Kier alpha value is -1.71. The van der Waals surface area contributed by atoms with Crippen molar-refractivity contribution in [3.05, 3.63) is 5.82 Å². The summed E-state index contributed by atoms with van der Waals surface area (Å²) in [7, 11) is 0. The van der Waals surface area contributed by atoms with E-state index in [1.54, 1.807) is 0 Å². The average molecular weight is 322 g/mol. The average Bonchev–Trinajstić information content (AvgIpc) is 3.10. The lowest BCUT2D eigenvalue weighted by Crippen LogP contribution is -2.42. The van der Waals surface area contributed by atoms with Crippen molar-refractivity contribution in [2.24, 2.45) is 0 Å². The van der Waals surface area contributed by atoms with Crippen LogP contribution in [-0.2, 0) is 14.3 Å². The summed E-state index contributed by atoms with van der Waals surface area (Å²) in [6.45, 7) is 1.25. The predicted molar refractivity (Wildman–Crippen MR) is 66.5 cm³/mol. The standard InChI is InChI=1S/C6H7F3O3.C6H10N4/c1-3-11-4(6(7,8)9)2-5(10)12-3;1-2-4-5(3-1)6-7-9-10-8-6/h3-4H,2H2,1H3;5H,1-4H2,(H,7,8,9,10). The molecular weight excluding hydrogens is 305 g/mol. The van der Waals surface area contributed by atoms with Gasteiger partial charge in [-0.15, -0.1) is 10.2 Å². The van der Waals surface area contributed by atoms with Crippen molar-refractivity contribution in [2.45, 2.75) is 63.5 Å². The number of tetrazole rings is 1. The molecule has 124 valence electrons. The predicted octanol–water partition coefficient (Wildman–Crippen LogP) is 2.08. The normalized spacial score (nSPS) is 26.3. The molecule has 0 bridgehead atoms. The molecule has 1 aromatic heterocycles. The highest BCUT2D eigenvalue weighted by Gasteiger charge is 2.46. The van der Waals surface area contributed by atoms with Crippen LogP contribution in [0.25, 0.3) is 0 Å². The van der Waals surface area contributed by atoms with Gasteiger partial charge in [-0.3, -0.25) is 4.79 Å². The Morgan fingerprint density at radius 1 is 1.27 bits per heavy atom. The van der Waals surface area contributed by atoms with Crippen LogP contribution in [-0.4, -0.2) is 45.2 Å². The van der Waals surface area contributed by atoms with E-state index in [1.165, 1.54) is 32.6 Å². The van der Waals surface area contributed by atoms with Gasteiger partial charge in [0.05, 0.1) is 6.42 Å². The number of ether oxygens (including phenoxy) is 2. The number of carbonyl (C=O) groups excluding carboxylic acids is 1. The minimum absolute atomic E-state index is 0.582. The summed E-state index contributed by atoms with van der Waals surface area (Å²) in [6.07, 6.45) is -3.27. The molecule has 2 atom stereocenters. The number of esters is 1. The molecule has 3 rings (SSSR count). The van der Waals surface area contributed by atoms with Crippen molar-refractivity contribution in [1.82, 2.24) is 20.6 Å². The number of aromatic amines is 1. The molecular formula is C12H17F3N4O3. The van der Waals surface area contributed by atoms with Crippen LogP contribution in [0.4, 0.5) is 13.2 Å². The van der Waals surface area contributed by atoms with E-state index in [9.17, 15) is 18.0 Å².